The zero-order chi connectivity index (χ0) is 23.3. The quantitative estimate of drug-likeness (QED) is 0.536. The highest BCUT2D eigenvalue weighted by Crippen LogP contribution is 2.46. The van der Waals surface area contributed by atoms with Gasteiger partial charge in [-0.05, 0) is 47.6 Å². The van der Waals surface area contributed by atoms with Gasteiger partial charge in [0.2, 0.25) is 5.95 Å². The average molecular weight is 459 g/mol. The van der Waals surface area contributed by atoms with E-state index in [1.54, 1.807) is 17.0 Å². The molecule has 3 aromatic rings. The first kappa shape index (κ1) is 21.3. The fraction of sp³-hybridized carbons (Fsp3) is 0.357. The van der Waals surface area contributed by atoms with Crippen molar-refractivity contribution in [2.45, 2.75) is 55.7 Å². The summed E-state index contributed by atoms with van der Waals surface area (Å²) in [5.74, 6) is -0.639. The molecular formula is C28H27FN2O3. The predicted octanol–water partition coefficient (Wildman–Crippen LogP) is 5.37. The SMILES string of the molecule is O=C(OCC1c2ccccc2-c2ccccc21)N1C2CCCC1CC(O)(c1cccnc1F)C2. The van der Waals surface area contributed by atoms with Gasteiger partial charge in [0.15, 0.2) is 0 Å². The van der Waals surface area contributed by atoms with Gasteiger partial charge in [0.25, 0.3) is 0 Å². The fourth-order valence-corrected chi connectivity index (χ4v) is 6.35. The van der Waals surface area contributed by atoms with Gasteiger partial charge in [0.1, 0.15) is 6.61 Å². The van der Waals surface area contributed by atoms with Crippen LogP contribution in [0.2, 0.25) is 0 Å². The van der Waals surface area contributed by atoms with Gasteiger partial charge in [-0.3, -0.25) is 0 Å². The largest absolute Gasteiger partial charge is 0.448 e. The molecule has 6 heteroatoms. The Bertz CT molecular complexity index is 1190. The van der Waals surface area contributed by atoms with Crippen molar-refractivity contribution in [2.24, 2.45) is 0 Å². The second-order valence-electron chi connectivity index (χ2n) is 9.73. The Morgan fingerprint density at radius 2 is 1.62 bits per heavy atom. The molecule has 0 spiro atoms. The number of nitrogens with zero attached hydrogens (tertiary/aromatic N) is 2. The molecule has 2 aliphatic heterocycles. The molecule has 0 saturated carbocycles. The summed E-state index contributed by atoms with van der Waals surface area (Å²) in [5.41, 5.74) is 3.64. The van der Waals surface area contributed by atoms with Gasteiger partial charge in [-0.1, -0.05) is 54.6 Å². The highest BCUT2D eigenvalue weighted by Gasteiger charge is 2.49. The van der Waals surface area contributed by atoms with Gasteiger partial charge in [0.05, 0.1) is 5.60 Å². The Labute approximate surface area is 198 Å². The van der Waals surface area contributed by atoms with Crippen LogP contribution in [0.5, 0.6) is 0 Å². The van der Waals surface area contributed by atoms with Gasteiger partial charge < -0.3 is 14.7 Å². The van der Waals surface area contributed by atoms with Gasteiger partial charge in [0, 0.05) is 42.6 Å². The summed E-state index contributed by atoms with van der Waals surface area (Å²) in [5, 5.41) is 11.4. The van der Waals surface area contributed by atoms with Crippen molar-refractivity contribution in [3.05, 3.63) is 89.5 Å². The van der Waals surface area contributed by atoms with E-state index in [0.717, 1.165) is 19.3 Å². The van der Waals surface area contributed by atoms with Gasteiger partial charge in [-0.25, -0.2) is 9.78 Å². The number of aliphatic hydroxyl groups is 1. The molecule has 2 saturated heterocycles. The molecule has 3 aliphatic rings. The maximum absolute atomic E-state index is 14.4. The molecule has 34 heavy (non-hydrogen) atoms. The molecule has 3 heterocycles. The Morgan fingerprint density at radius 3 is 2.24 bits per heavy atom. The number of carbonyl (C=O) groups excluding carboxylic acids is 1. The zero-order valence-corrected chi connectivity index (χ0v) is 18.9. The van der Waals surface area contributed by atoms with E-state index < -0.39 is 11.5 Å². The van der Waals surface area contributed by atoms with Crippen molar-refractivity contribution in [3.8, 4) is 11.1 Å². The van der Waals surface area contributed by atoms with E-state index in [-0.39, 0.29) is 49.1 Å². The van der Waals surface area contributed by atoms with Crippen LogP contribution in [0.4, 0.5) is 9.18 Å². The summed E-state index contributed by atoms with van der Waals surface area (Å²) >= 11 is 0. The van der Waals surface area contributed by atoms with E-state index >= 15 is 0 Å². The van der Waals surface area contributed by atoms with Gasteiger partial charge in [-0.15, -0.1) is 0 Å². The molecule has 0 radical (unpaired) electrons. The molecule has 2 fully saturated rings. The monoisotopic (exact) mass is 458 g/mol. The number of rotatable bonds is 3. The summed E-state index contributed by atoms with van der Waals surface area (Å²) in [6, 6.07) is 19.4. The number of hydrogen-bond donors (Lipinski definition) is 1. The zero-order valence-electron chi connectivity index (χ0n) is 18.9. The topological polar surface area (TPSA) is 62.7 Å². The highest BCUT2D eigenvalue weighted by atomic mass is 19.1. The van der Waals surface area contributed by atoms with Gasteiger partial charge >= 0.3 is 6.09 Å². The number of piperidine rings is 2. The van der Waals surface area contributed by atoms with Crippen LogP contribution in [-0.4, -0.2) is 39.8 Å². The molecule has 2 unspecified atom stereocenters. The summed E-state index contributed by atoms with van der Waals surface area (Å²) in [6.07, 6.45) is 4.14. The number of benzene rings is 2. The standard InChI is InChI=1S/C28H27FN2O3/c29-26-25(13-6-14-30-26)28(33)15-18-7-5-8-19(16-28)31(18)27(32)34-17-24-22-11-3-1-9-20(22)21-10-2-4-12-23(21)24/h1-4,6,9-14,18-19,24,33H,5,7-8,15-17H2. The predicted molar refractivity (Wildman–Crippen MR) is 126 cm³/mol. The van der Waals surface area contributed by atoms with Crippen molar-refractivity contribution in [2.75, 3.05) is 6.61 Å². The Hall–Kier alpha value is -3.25. The van der Waals surface area contributed by atoms with Crippen molar-refractivity contribution < 1.29 is 19.0 Å². The third-order valence-corrected chi connectivity index (χ3v) is 7.82. The Morgan fingerprint density at radius 1 is 1.00 bits per heavy atom. The average Bonchev–Trinajstić information content (AvgIpc) is 3.16. The first-order valence-electron chi connectivity index (χ1n) is 12.0. The van der Waals surface area contributed by atoms with Crippen LogP contribution in [-0.2, 0) is 10.3 Å². The minimum atomic E-state index is -1.33. The molecule has 6 rings (SSSR count). The summed E-state index contributed by atoms with van der Waals surface area (Å²) in [6.45, 7) is 0.268. The third-order valence-electron chi connectivity index (χ3n) is 7.82. The third kappa shape index (κ3) is 3.40. The second-order valence-corrected chi connectivity index (χ2v) is 9.73. The van der Waals surface area contributed by atoms with Crippen molar-refractivity contribution in [3.63, 3.8) is 0 Å². The van der Waals surface area contributed by atoms with E-state index in [1.807, 2.05) is 24.3 Å². The van der Waals surface area contributed by atoms with E-state index in [9.17, 15) is 14.3 Å². The highest BCUT2D eigenvalue weighted by molar-refractivity contribution is 5.79. The lowest BCUT2D eigenvalue weighted by atomic mass is 9.73. The molecule has 1 N–H and O–H groups in total. The molecule has 2 atom stereocenters. The number of aromatic nitrogens is 1. The number of amides is 1. The van der Waals surface area contributed by atoms with Crippen molar-refractivity contribution in [1.29, 1.82) is 0 Å². The smallest absolute Gasteiger partial charge is 0.410 e. The normalized spacial score (nSPS) is 25.5. The fourth-order valence-electron chi connectivity index (χ4n) is 6.35. The molecule has 1 aliphatic carbocycles. The second kappa shape index (κ2) is 8.20. The van der Waals surface area contributed by atoms with Crippen LogP contribution >= 0.6 is 0 Å². The maximum atomic E-state index is 14.4. The van der Waals surface area contributed by atoms with Crippen LogP contribution in [0.3, 0.4) is 0 Å². The van der Waals surface area contributed by atoms with Crippen molar-refractivity contribution >= 4 is 6.09 Å². The first-order valence-corrected chi connectivity index (χ1v) is 12.0. The Balaban J connectivity index is 1.21. The molecular weight excluding hydrogens is 431 g/mol. The van der Waals surface area contributed by atoms with Crippen molar-refractivity contribution in [1.82, 2.24) is 9.88 Å². The molecule has 174 valence electrons. The number of hydrogen-bond acceptors (Lipinski definition) is 4. The summed E-state index contributed by atoms with van der Waals surface area (Å²) in [7, 11) is 0. The molecule has 1 aromatic heterocycles. The minimum Gasteiger partial charge on any atom is -0.448 e. The van der Waals surface area contributed by atoms with E-state index in [1.165, 1.54) is 28.5 Å². The lowest BCUT2D eigenvalue weighted by molar-refractivity contribution is -0.0909. The minimum absolute atomic E-state index is 0.00222. The number of halogens is 1. The molecule has 1 amide bonds. The number of ether oxygens (including phenoxy) is 1. The summed E-state index contributed by atoms with van der Waals surface area (Å²) in [4.78, 5) is 18.9. The lowest BCUT2D eigenvalue weighted by Gasteiger charge is -2.51. The van der Waals surface area contributed by atoms with E-state index in [0.29, 0.717) is 0 Å². The lowest BCUT2D eigenvalue weighted by Crippen LogP contribution is -2.59. The molecule has 5 nitrogen and oxygen atoms in total. The maximum Gasteiger partial charge on any atom is 0.410 e. The van der Waals surface area contributed by atoms with E-state index in [2.05, 4.69) is 29.2 Å². The van der Waals surface area contributed by atoms with Crippen LogP contribution < -0.4 is 0 Å². The number of fused-ring (bicyclic) bond motifs is 5. The van der Waals surface area contributed by atoms with Crippen LogP contribution in [0.15, 0.2) is 66.9 Å². The van der Waals surface area contributed by atoms with E-state index in [4.69, 9.17) is 4.74 Å². The number of carbonyl (C=O) groups is 1. The Kier molecular flexibility index (Phi) is 5.14. The van der Waals surface area contributed by atoms with Crippen LogP contribution in [0.25, 0.3) is 11.1 Å². The molecule has 2 bridgehead atoms. The summed E-state index contributed by atoms with van der Waals surface area (Å²) < 4.78 is 20.3. The number of pyridine rings is 1. The van der Waals surface area contributed by atoms with Crippen LogP contribution in [0.1, 0.15) is 54.7 Å². The van der Waals surface area contributed by atoms with Gasteiger partial charge in [-0.2, -0.15) is 4.39 Å². The molecule has 2 aromatic carbocycles. The first-order chi connectivity index (χ1) is 16.5. The van der Waals surface area contributed by atoms with Crippen LogP contribution in [0, 0.1) is 5.95 Å².